The summed E-state index contributed by atoms with van der Waals surface area (Å²) in [5.74, 6) is 3.06. The molecule has 4 fully saturated rings. The Bertz CT molecular complexity index is 285. The molecule has 17 heavy (non-hydrogen) atoms. The second-order valence-corrected chi connectivity index (χ2v) is 7.28. The normalized spacial score (nSPS) is 43.8. The topological polar surface area (TPSA) is 21.3 Å². The number of rotatable bonds is 7. The van der Waals surface area contributed by atoms with Gasteiger partial charge in [0.2, 0.25) is 0 Å². The van der Waals surface area contributed by atoms with Crippen LogP contribution in [0.3, 0.4) is 0 Å². The fourth-order valence-corrected chi connectivity index (χ4v) is 3.69. The van der Waals surface area contributed by atoms with Crippen LogP contribution >= 0.6 is 0 Å². The summed E-state index contributed by atoms with van der Waals surface area (Å²) >= 11 is 0. The highest BCUT2D eigenvalue weighted by atomic mass is 16.5. The van der Waals surface area contributed by atoms with E-state index in [-0.39, 0.29) is 0 Å². The summed E-state index contributed by atoms with van der Waals surface area (Å²) in [6, 6.07) is 0.854. The molecule has 2 heteroatoms. The summed E-state index contributed by atoms with van der Waals surface area (Å²) in [5.41, 5.74) is 0.519. The van der Waals surface area contributed by atoms with E-state index in [4.69, 9.17) is 4.74 Å². The smallest absolute Gasteiger partial charge is 0.0534 e. The fourth-order valence-electron chi connectivity index (χ4n) is 3.69. The average molecular weight is 235 g/mol. The van der Waals surface area contributed by atoms with Gasteiger partial charge in [-0.05, 0) is 62.7 Å². The molecule has 0 bridgehead atoms. The van der Waals surface area contributed by atoms with Crippen molar-refractivity contribution < 1.29 is 4.74 Å². The molecule has 4 saturated carbocycles. The minimum atomic E-state index is 0.519. The standard InChI is InChI=1S/C15H25NO/c1-2-11(1)8-17-10-15(9-16-14-3-4-14)6-12-5-13(12)7-15/h11-14,16H,1-10H2. The Morgan fingerprint density at radius 3 is 2.47 bits per heavy atom. The molecule has 2 unspecified atom stereocenters. The molecule has 0 heterocycles. The Kier molecular flexibility index (Phi) is 2.52. The van der Waals surface area contributed by atoms with Gasteiger partial charge in [-0.25, -0.2) is 0 Å². The molecule has 4 aliphatic rings. The van der Waals surface area contributed by atoms with Crippen molar-refractivity contribution in [3.8, 4) is 0 Å². The lowest BCUT2D eigenvalue weighted by atomic mass is 9.83. The van der Waals surface area contributed by atoms with Crippen LogP contribution in [0.1, 0.15) is 44.9 Å². The maximum absolute atomic E-state index is 6.03. The zero-order valence-electron chi connectivity index (χ0n) is 10.8. The molecule has 0 saturated heterocycles. The van der Waals surface area contributed by atoms with Crippen molar-refractivity contribution in [3.63, 3.8) is 0 Å². The first-order valence-electron chi connectivity index (χ1n) is 7.64. The van der Waals surface area contributed by atoms with E-state index in [1.807, 2.05) is 0 Å². The Balaban J connectivity index is 1.29. The minimum absolute atomic E-state index is 0.519. The van der Waals surface area contributed by atoms with Gasteiger partial charge in [-0.2, -0.15) is 0 Å². The van der Waals surface area contributed by atoms with E-state index >= 15 is 0 Å². The second kappa shape index (κ2) is 3.96. The molecule has 1 N–H and O–H groups in total. The van der Waals surface area contributed by atoms with Crippen LogP contribution < -0.4 is 5.32 Å². The molecule has 0 spiro atoms. The molecule has 0 radical (unpaired) electrons. The lowest BCUT2D eigenvalue weighted by Crippen LogP contribution is -2.38. The zero-order chi connectivity index (χ0) is 11.3. The average Bonchev–Trinajstić information content (AvgIpc) is 3.16. The highest BCUT2D eigenvalue weighted by Gasteiger charge is 2.53. The number of ether oxygens (including phenoxy) is 1. The Morgan fingerprint density at radius 1 is 1.06 bits per heavy atom. The van der Waals surface area contributed by atoms with Gasteiger partial charge in [0.05, 0.1) is 6.61 Å². The first-order valence-corrected chi connectivity index (χ1v) is 7.64. The minimum Gasteiger partial charge on any atom is -0.381 e. The van der Waals surface area contributed by atoms with E-state index in [2.05, 4.69) is 5.32 Å². The van der Waals surface area contributed by atoms with Gasteiger partial charge >= 0.3 is 0 Å². The highest BCUT2D eigenvalue weighted by Crippen LogP contribution is 2.59. The van der Waals surface area contributed by atoms with Gasteiger partial charge in [-0.3, -0.25) is 0 Å². The molecule has 0 aromatic heterocycles. The van der Waals surface area contributed by atoms with Gasteiger partial charge in [0.15, 0.2) is 0 Å². The van der Waals surface area contributed by atoms with E-state index < -0.39 is 0 Å². The fraction of sp³-hybridized carbons (Fsp3) is 1.00. The van der Waals surface area contributed by atoms with E-state index in [0.29, 0.717) is 5.41 Å². The lowest BCUT2D eigenvalue weighted by Gasteiger charge is -2.31. The Hall–Kier alpha value is -0.0800. The van der Waals surface area contributed by atoms with Crippen molar-refractivity contribution in [2.24, 2.45) is 23.2 Å². The number of hydrogen-bond donors (Lipinski definition) is 1. The van der Waals surface area contributed by atoms with Crippen molar-refractivity contribution in [1.82, 2.24) is 5.32 Å². The van der Waals surface area contributed by atoms with Crippen molar-refractivity contribution in [1.29, 1.82) is 0 Å². The predicted molar refractivity (Wildman–Crippen MR) is 67.8 cm³/mol. The predicted octanol–water partition coefficient (Wildman–Crippen LogP) is 2.58. The number of hydrogen-bond acceptors (Lipinski definition) is 2. The number of nitrogens with one attached hydrogen (secondary N) is 1. The first-order chi connectivity index (χ1) is 8.33. The lowest BCUT2D eigenvalue weighted by molar-refractivity contribution is 0.0335. The van der Waals surface area contributed by atoms with Gasteiger partial charge in [-0.1, -0.05) is 0 Å². The van der Waals surface area contributed by atoms with Gasteiger partial charge in [0, 0.05) is 24.6 Å². The van der Waals surface area contributed by atoms with Crippen LogP contribution in [-0.2, 0) is 4.74 Å². The third-order valence-corrected chi connectivity index (χ3v) is 5.26. The van der Waals surface area contributed by atoms with E-state index in [0.717, 1.165) is 37.0 Å². The monoisotopic (exact) mass is 235 g/mol. The Morgan fingerprint density at radius 2 is 1.82 bits per heavy atom. The van der Waals surface area contributed by atoms with Crippen LogP contribution in [0.4, 0.5) is 0 Å². The summed E-state index contributed by atoms with van der Waals surface area (Å²) in [5, 5.41) is 3.75. The summed E-state index contributed by atoms with van der Waals surface area (Å²) in [4.78, 5) is 0. The van der Waals surface area contributed by atoms with Crippen LogP contribution in [-0.4, -0.2) is 25.8 Å². The highest BCUT2D eigenvalue weighted by molar-refractivity contribution is 5.05. The maximum Gasteiger partial charge on any atom is 0.0534 e. The number of fused-ring (bicyclic) bond motifs is 1. The zero-order valence-corrected chi connectivity index (χ0v) is 10.8. The third kappa shape index (κ3) is 2.53. The van der Waals surface area contributed by atoms with Crippen LogP contribution in [0.2, 0.25) is 0 Å². The van der Waals surface area contributed by atoms with Crippen LogP contribution in [0.5, 0.6) is 0 Å². The summed E-state index contributed by atoms with van der Waals surface area (Å²) < 4.78 is 6.03. The van der Waals surface area contributed by atoms with Gasteiger partial charge in [0.25, 0.3) is 0 Å². The Labute approximate surface area is 104 Å². The molecule has 2 nitrogen and oxygen atoms in total. The van der Waals surface area contributed by atoms with E-state index in [1.54, 1.807) is 0 Å². The van der Waals surface area contributed by atoms with Crippen molar-refractivity contribution in [2.45, 2.75) is 51.0 Å². The van der Waals surface area contributed by atoms with Crippen molar-refractivity contribution in [2.75, 3.05) is 19.8 Å². The third-order valence-electron chi connectivity index (χ3n) is 5.26. The molecular formula is C15H25NO. The first kappa shape index (κ1) is 10.8. The quantitative estimate of drug-likeness (QED) is 0.732. The van der Waals surface area contributed by atoms with Crippen LogP contribution in [0.25, 0.3) is 0 Å². The molecule has 0 aromatic rings. The van der Waals surface area contributed by atoms with E-state index in [1.165, 1.54) is 51.5 Å². The largest absolute Gasteiger partial charge is 0.381 e. The molecule has 2 atom stereocenters. The second-order valence-electron chi connectivity index (χ2n) is 7.28. The van der Waals surface area contributed by atoms with Crippen molar-refractivity contribution >= 4 is 0 Å². The molecule has 0 amide bonds. The molecule has 4 aliphatic carbocycles. The molecule has 0 aromatic carbocycles. The maximum atomic E-state index is 6.03. The molecule has 0 aliphatic heterocycles. The molecule has 96 valence electrons. The van der Waals surface area contributed by atoms with Gasteiger partial charge in [-0.15, -0.1) is 0 Å². The van der Waals surface area contributed by atoms with Crippen LogP contribution in [0.15, 0.2) is 0 Å². The van der Waals surface area contributed by atoms with Gasteiger partial charge in [0.1, 0.15) is 0 Å². The molecular weight excluding hydrogens is 210 g/mol. The van der Waals surface area contributed by atoms with Crippen molar-refractivity contribution in [3.05, 3.63) is 0 Å². The summed E-state index contributed by atoms with van der Waals surface area (Å²) in [6.07, 6.45) is 10.1. The SMILES string of the molecule is C1CC1COCC1(CNC2CC2)CC2CC2C1. The summed E-state index contributed by atoms with van der Waals surface area (Å²) in [6.45, 7) is 3.31. The summed E-state index contributed by atoms with van der Waals surface area (Å²) in [7, 11) is 0. The van der Waals surface area contributed by atoms with E-state index in [9.17, 15) is 0 Å². The van der Waals surface area contributed by atoms with Gasteiger partial charge < -0.3 is 10.1 Å². The molecule has 4 rings (SSSR count). The van der Waals surface area contributed by atoms with Crippen LogP contribution in [0, 0.1) is 23.2 Å².